The quantitative estimate of drug-likeness (QED) is 0.415. The lowest BCUT2D eigenvalue weighted by molar-refractivity contribution is -0.137. The first kappa shape index (κ1) is 31.8. The monoisotopic (exact) mass is 584 g/mol. The van der Waals surface area contributed by atoms with Gasteiger partial charge in [0.1, 0.15) is 24.4 Å². The van der Waals surface area contributed by atoms with Gasteiger partial charge in [-0.05, 0) is 41.2 Å². The Labute approximate surface area is 254 Å². The number of nitrogens with zero attached hydrogens (tertiary/aromatic N) is 1. The summed E-state index contributed by atoms with van der Waals surface area (Å²) in [7, 11) is 1.73. The molecule has 3 aromatic carbocycles. The Morgan fingerprint density at radius 1 is 0.907 bits per heavy atom. The van der Waals surface area contributed by atoms with E-state index in [9.17, 15) is 14.4 Å². The highest BCUT2D eigenvalue weighted by Gasteiger charge is 2.31. The fraction of sp³-hybridized carbons (Fsp3) is 0.400. The minimum absolute atomic E-state index is 0.171. The van der Waals surface area contributed by atoms with Crippen LogP contribution >= 0.6 is 0 Å². The molecule has 0 aliphatic carbocycles. The van der Waals surface area contributed by atoms with Crippen molar-refractivity contribution in [3.63, 3.8) is 0 Å². The molecule has 228 valence electrons. The molecule has 1 aliphatic heterocycles. The number of likely N-dealkylation sites (N-methyl/N-ethyl adjacent to an activating group) is 1. The molecule has 0 saturated carbocycles. The average molecular weight is 585 g/mol. The SMILES string of the molecule is CCC[C@@H]1NC(=O)[C@@H](C(C)C)NC(=O)[C@@H](Cc2ccc3ccccc3c2)NCCOc2ccccc2/C=C/CN(C)C1=O. The Morgan fingerprint density at radius 3 is 2.42 bits per heavy atom. The molecule has 1 heterocycles. The van der Waals surface area contributed by atoms with Crippen molar-refractivity contribution in [2.75, 3.05) is 26.7 Å². The first-order valence-corrected chi connectivity index (χ1v) is 15.2. The van der Waals surface area contributed by atoms with Crippen LogP contribution in [-0.4, -0.2) is 67.5 Å². The molecule has 0 radical (unpaired) electrons. The van der Waals surface area contributed by atoms with Gasteiger partial charge in [0.2, 0.25) is 17.7 Å². The largest absolute Gasteiger partial charge is 0.492 e. The maximum atomic E-state index is 13.8. The predicted octanol–water partition coefficient (Wildman–Crippen LogP) is 4.33. The standard InChI is InChI=1S/C35H44N4O4/c1-5-11-29-35(42)39(4)20-10-15-27-13-8-9-16-31(27)43-21-19-36-30(33(40)38-32(24(2)3)34(41)37-29)23-25-17-18-26-12-6-7-14-28(26)22-25/h6-10,12-18,22,24,29-30,32,36H,5,11,19-21,23H2,1-4H3,(H,37,41)(H,38,40)/b15-10+/t29-,30+,32+/m0/s1. The number of hydrogen-bond donors (Lipinski definition) is 3. The summed E-state index contributed by atoms with van der Waals surface area (Å²) in [4.78, 5) is 42.3. The van der Waals surface area contributed by atoms with Gasteiger partial charge in [0.15, 0.2) is 0 Å². The maximum absolute atomic E-state index is 13.8. The highest BCUT2D eigenvalue weighted by atomic mass is 16.5. The van der Waals surface area contributed by atoms with E-state index in [1.165, 1.54) is 0 Å². The Morgan fingerprint density at radius 2 is 1.65 bits per heavy atom. The van der Waals surface area contributed by atoms with Crippen LogP contribution in [0.1, 0.15) is 44.7 Å². The molecule has 8 nitrogen and oxygen atoms in total. The number of rotatable bonds is 5. The first-order chi connectivity index (χ1) is 20.8. The van der Waals surface area contributed by atoms with Gasteiger partial charge in [-0.1, -0.05) is 100 Å². The molecule has 3 N–H and O–H groups in total. The second-order valence-corrected chi connectivity index (χ2v) is 11.5. The third-order valence-corrected chi connectivity index (χ3v) is 7.73. The number of benzene rings is 3. The van der Waals surface area contributed by atoms with Crippen molar-refractivity contribution in [3.8, 4) is 5.75 Å². The van der Waals surface area contributed by atoms with Crippen LogP contribution in [0.25, 0.3) is 16.8 Å². The third-order valence-electron chi connectivity index (χ3n) is 7.73. The minimum atomic E-state index is -0.798. The zero-order valence-electron chi connectivity index (χ0n) is 25.6. The van der Waals surface area contributed by atoms with Gasteiger partial charge in [0.05, 0.1) is 6.04 Å². The maximum Gasteiger partial charge on any atom is 0.245 e. The normalized spacial score (nSPS) is 21.7. The fourth-order valence-electron chi connectivity index (χ4n) is 5.29. The summed E-state index contributed by atoms with van der Waals surface area (Å²) in [5.74, 6) is -0.269. The van der Waals surface area contributed by atoms with Crippen LogP contribution in [0.2, 0.25) is 0 Å². The van der Waals surface area contributed by atoms with Crippen molar-refractivity contribution >= 4 is 34.6 Å². The minimum Gasteiger partial charge on any atom is -0.492 e. The molecule has 8 heteroatoms. The first-order valence-electron chi connectivity index (χ1n) is 15.2. The lowest BCUT2D eigenvalue weighted by Gasteiger charge is -2.29. The summed E-state index contributed by atoms with van der Waals surface area (Å²) >= 11 is 0. The molecule has 0 aromatic heterocycles. The van der Waals surface area contributed by atoms with Crippen LogP contribution in [0.3, 0.4) is 0 Å². The molecule has 3 amide bonds. The second kappa shape index (κ2) is 15.3. The summed E-state index contributed by atoms with van der Waals surface area (Å²) in [6, 6.07) is 19.9. The molecule has 43 heavy (non-hydrogen) atoms. The number of fused-ring (bicyclic) bond motifs is 2. The van der Waals surface area contributed by atoms with E-state index in [0.29, 0.717) is 32.5 Å². The molecule has 4 rings (SSSR count). The van der Waals surface area contributed by atoms with E-state index in [4.69, 9.17) is 4.74 Å². The van der Waals surface area contributed by atoms with Gasteiger partial charge < -0.3 is 25.6 Å². The smallest absolute Gasteiger partial charge is 0.245 e. The van der Waals surface area contributed by atoms with Gasteiger partial charge >= 0.3 is 0 Å². The van der Waals surface area contributed by atoms with E-state index in [-0.39, 0.29) is 23.6 Å². The zero-order valence-corrected chi connectivity index (χ0v) is 25.6. The van der Waals surface area contributed by atoms with Crippen LogP contribution < -0.4 is 20.7 Å². The van der Waals surface area contributed by atoms with Gasteiger partial charge in [0, 0.05) is 25.7 Å². The molecular weight excluding hydrogens is 540 g/mol. The van der Waals surface area contributed by atoms with Crippen LogP contribution in [0.4, 0.5) is 0 Å². The van der Waals surface area contributed by atoms with Crippen LogP contribution in [0.15, 0.2) is 72.8 Å². The van der Waals surface area contributed by atoms with Gasteiger partial charge in [-0.2, -0.15) is 0 Å². The average Bonchev–Trinajstić information content (AvgIpc) is 3.00. The summed E-state index contributed by atoms with van der Waals surface area (Å²) in [6.07, 6.45) is 5.52. The van der Waals surface area contributed by atoms with E-state index in [1.807, 2.05) is 75.4 Å². The Hall–Kier alpha value is -4.17. The Bertz CT molecular complexity index is 1440. The molecule has 0 unspecified atom stereocenters. The number of carbonyl (C=O) groups excluding carboxylic acids is 3. The molecule has 3 atom stereocenters. The van der Waals surface area contributed by atoms with Crippen molar-refractivity contribution in [1.29, 1.82) is 0 Å². The lowest BCUT2D eigenvalue weighted by atomic mass is 9.99. The molecule has 0 saturated heterocycles. The molecular formula is C35H44N4O4. The van der Waals surface area contributed by atoms with Gasteiger partial charge in [-0.15, -0.1) is 0 Å². The van der Waals surface area contributed by atoms with E-state index in [1.54, 1.807) is 11.9 Å². The molecule has 0 spiro atoms. The summed E-state index contributed by atoms with van der Waals surface area (Å²) in [6.45, 7) is 6.91. The van der Waals surface area contributed by atoms with E-state index in [0.717, 1.165) is 34.1 Å². The van der Waals surface area contributed by atoms with Crippen molar-refractivity contribution in [2.24, 2.45) is 5.92 Å². The van der Waals surface area contributed by atoms with E-state index < -0.39 is 18.1 Å². The van der Waals surface area contributed by atoms with Gasteiger partial charge in [-0.25, -0.2) is 0 Å². The number of carbonyl (C=O) groups is 3. The van der Waals surface area contributed by atoms with Crippen LogP contribution in [0, 0.1) is 5.92 Å². The molecule has 0 bridgehead atoms. The number of nitrogens with one attached hydrogen (secondary N) is 3. The third kappa shape index (κ3) is 8.67. The van der Waals surface area contributed by atoms with Crippen LogP contribution in [0.5, 0.6) is 5.75 Å². The summed E-state index contributed by atoms with van der Waals surface area (Å²) < 4.78 is 6.11. The topological polar surface area (TPSA) is 99.8 Å². The number of amides is 3. The summed E-state index contributed by atoms with van der Waals surface area (Å²) in [5.41, 5.74) is 1.90. The predicted molar refractivity (Wildman–Crippen MR) is 172 cm³/mol. The number of ether oxygens (including phenoxy) is 1. The zero-order chi connectivity index (χ0) is 30.8. The summed E-state index contributed by atoms with van der Waals surface area (Å²) in [5, 5.41) is 11.5. The van der Waals surface area contributed by atoms with Crippen molar-refractivity contribution in [1.82, 2.24) is 20.9 Å². The van der Waals surface area contributed by atoms with Gasteiger partial charge in [-0.3, -0.25) is 14.4 Å². The second-order valence-electron chi connectivity index (χ2n) is 11.5. The van der Waals surface area contributed by atoms with Crippen LogP contribution in [-0.2, 0) is 20.8 Å². The molecule has 1 aliphatic rings. The molecule has 3 aromatic rings. The number of para-hydroxylation sites is 1. The van der Waals surface area contributed by atoms with Crippen molar-refractivity contribution in [2.45, 2.75) is 58.2 Å². The van der Waals surface area contributed by atoms with Crippen molar-refractivity contribution < 1.29 is 19.1 Å². The highest BCUT2D eigenvalue weighted by molar-refractivity contribution is 5.93. The van der Waals surface area contributed by atoms with E-state index in [2.05, 4.69) is 40.2 Å². The fourth-order valence-corrected chi connectivity index (χ4v) is 5.29. The van der Waals surface area contributed by atoms with E-state index >= 15 is 0 Å². The molecule has 0 fully saturated rings. The Kier molecular flexibility index (Phi) is 11.3. The van der Waals surface area contributed by atoms with Crippen molar-refractivity contribution in [3.05, 3.63) is 83.9 Å². The number of hydrogen-bond acceptors (Lipinski definition) is 5. The van der Waals surface area contributed by atoms with Gasteiger partial charge in [0.25, 0.3) is 0 Å². The highest BCUT2D eigenvalue weighted by Crippen LogP contribution is 2.20. The Balaban J connectivity index is 1.63. The lowest BCUT2D eigenvalue weighted by Crippen LogP contribution is -2.58.